The molecule has 8 nitrogen and oxygen atoms in total. The number of hydrogen-bond donors (Lipinski definition) is 1. The molecule has 3 aromatic rings. The number of esters is 2. The molecule has 0 amide bonds. The monoisotopic (exact) mass is 572 g/mol. The number of ether oxygens (including phenoxy) is 5. The zero-order chi connectivity index (χ0) is 30.6. The van der Waals surface area contributed by atoms with Gasteiger partial charge in [0.15, 0.2) is 11.5 Å². The summed E-state index contributed by atoms with van der Waals surface area (Å²) < 4.78 is 27.4. The maximum absolute atomic E-state index is 11.7. The van der Waals surface area contributed by atoms with Gasteiger partial charge in [0.05, 0.1) is 0 Å². The van der Waals surface area contributed by atoms with Crippen LogP contribution in [0.4, 0.5) is 0 Å². The SMILES string of the molecule is C=C(C)C(=O)OCCOc1ccc(-c2ccc(-c3ccc(OC(O)C(=C)C)cc3)cc2)cc1OCCOC(=O)C(=C)C. The van der Waals surface area contributed by atoms with E-state index >= 15 is 0 Å². The molecule has 0 bridgehead atoms. The van der Waals surface area contributed by atoms with Crippen LogP contribution >= 0.6 is 0 Å². The molecule has 0 aromatic heterocycles. The molecular weight excluding hydrogens is 536 g/mol. The highest BCUT2D eigenvalue weighted by Gasteiger charge is 2.12. The van der Waals surface area contributed by atoms with Gasteiger partial charge in [0.25, 0.3) is 0 Å². The van der Waals surface area contributed by atoms with E-state index in [1.165, 1.54) is 0 Å². The average molecular weight is 573 g/mol. The normalized spacial score (nSPS) is 11.1. The van der Waals surface area contributed by atoms with Crippen LogP contribution in [0.15, 0.2) is 103 Å². The van der Waals surface area contributed by atoms with Crippen LogP contribution in [0, 0.1) is 0 Å². The molecule has 0 radical (unpaired) electrons. The summed E-state index contributed by atoms with van der Waals surface area (Å²) in [5.41, 5.74) is 4.97. The summed E-state index contributed by atoms with van der Waals surface area (Å²) in [5.74, 6) is 0.465. The topological polar surface area (TPSA) is 101 Å². The van der Waals surface area contributed by atoms with Crippen LogP contribution in [-0.2, 0) is 19.1 Å². The molecule has 42 heavy (non-hydrogen) atoms. The molecule has 0 spiro atoms. The first-order valence-electron chi connectivity index (χ1n) is 13.3. The van der Waals surface area contributed by atoms with Gasteiger partial charge < -0.3 is 28.8 Å². The van der Waals surface area contributed by atoms with E-state index in [1.54, 1.807) is 39.0 Å². The van der Waals surface area contributed by atoms with E-state index in [2.05, 4.69) is 19.7 Å². The van der Waals surface area contributed by atoms with Gasteiger partial charge in [-0.1, -0.05) is 62.2 Å². The Kier molecular flexibility index (Phi) is 11.5. The Hall–Kier alpha value is -4.82. The molecule has 1 N–H and O–H groups in total. The number of aliphatic hydroxyl groups is 1. The van der Waals surface area contributed by atoms with Gasteiger partial charge in [-0.2, -0.15) is 0 Å². The van der Waals surface area contributed by atoms with Crippen molar-refractivity contribution in [3.63, 3.8) is 0 Å². The first-order valence-corrected chi connectivity index (χ1v) is 13.3. The quantitative estimate of drug-likeness (QED) is 0.0746. The second kappa shape index (κ2) is 15.3. The first kappa shape index (κ1) is 31.7. The van der Waals surface area contributed by atoms with Crippen molar-refractivity contribution in [3.05, 3.63) is 103 Å². The lowest BCUT2D eigenvalue weighted by Crippen LogP contribution is -2.15. The van der Waals surface area contributed by atoms with Crippen LogP contribution < -0.4 is 14.2 Å². The van der Waals surface area contributed by atoms with Gasteiger partial charge in [0, 0.05) is 11.1 Å². The van der Waals surface area contributed by atoms with Crippen molar-refractivity contribution >= 4 is 11.9 Å². The number of carbonyl (C=O) groups is 2. The van der Waals surface area contributed by atoms with Crippen molar-refractivity contribution in [3.8, 4) is 39.5 Å². The number of rotatable bonds is 15. The molecule has 0 saturated heterocycles. The fourth-order valence-corrected chi connectivity index (χ4v) is 3.55. The molecule has 0 aliphatic carbocycles. The Morgan fingerprint density at radius 3 is 1.55 bits per heavy atom. The third kappa shape index (κ3) is 9.38. The molecular formula is C34H36O8. The third-order valence-electron chi connectivity index (χ3n) is 5.86. The van der Waals surface area contributed by atoms with E-state index in [0.29, 0.717) is 34.0 Å². The first-order chi connectivity index (χ1) is 20.0. The lowest BCUT2D eigenvalue weighted by Gasteiger charge is -2.15. The molecule has 0 aliphatic rings. The fourth-order valence-electron chi connectivity index (χ4n) is 3.55. The number of hydrogen-bond acceptors (Lipinski definition) is 8. The zero-order valence-electron chi connectivity index (χ0n) is 24.2. The Labute approximate surface area is 246 Å². The van der Waals surface area contributed by atoms with Crippen molar-refractivity contribution in [2.45, 2.75) is 27.1 Å². The molecule has 8 heteroatoms. The van der Waals surface area contributed by atoms with Crippen molar-refractivity contribution in [2.75, 3.05) is 26.4 Å². The lowest BCUT2D eigenvalue weighted by molar-refractivity contribution is -0.140. The molecule has 0 aliphatic heterocycles. The lowest BCUT2D eigenvalue weighted by atomic mass is 10.00. The van der Waals surface area contributed by atoms with Gasteiger partial charge in [0.1, 0.15) is 32.2 Å². The average Bonchev–Trinajstić information content (AvgIpc) is 2.98. The molecule has 0 heterocycles. The van der Waals surface area contributed by atoms with E-state index in [-0.39, 0.29) is 26.4 Å². The van der Waals surface area contributed by atoms with Crippen LogP contribution in [0.2, 0.25) is 0 Å². The fraction of sp³-hybridized carbons (Fsp3) is 0.235. The molecule has 0 fully saturated rings. The largest absolute Gasteiger partial charge is 0.486 e. The van der Waals surface area contributed by atoms with Crippen LogP contribution in [0.3, 0.4) is 0 Å². The Morgan fingerprint density at radius 1 is 0.643 bits per heavy atom. The second-order valence-electron chi connectivity index (χ2n) is 9.61. The Morgan fingerprint density at radius 2 is 1.07 bits per heavy atom. The summed E-state index contributed by atoms with van der Waals surface area (Å²) in [7, 11) is 0. The van der Waals surface area contributed by atoms with Crippen molar-refractivity contribution < 1.29 is 38.4 Å². The predicted octanol–water partition coefficient (Wildman–Crippen LogP) is 6.29. The van der Waals surface area contributed by atoms with Crippen LogP contribution in [0.5, 0.6) is 17.2 Å². The van der Waals surface area contributed by atoms with Crippen LogP contribution in [-0.4, -0.2) is 49.8 Å². The summed E-state index contributed by atoms with van der Waals surface area (Å²) in [4.78, 5) is 23.3. The smallest absolute Gasteiger partial charge is 0.333 e. The second-order valence-corrected chi connectivity index (χ2v) is 9.61. The van der Waals surface area contributed by atoms with Crippen molar-refractivity contribution in [1.82, 2.24) is 0 Å². The van der Waals surface area contributed by atoms with E-state index in [4.69, 9.17) is 23.7 Å². The summed E-state index contributed by atoms with van der Waals surface area (Å²) in [5, 5.41) is 9.85. The van der Waals surface area contributed by atoms with Gasteiger partial charge in [-0.05, 0) is 72.9 Å². The van der Waals surface area contributed by atoms with E-state index < -0.39 is 18.2 Å². The van der Waals surface area contributed by atoms with E-state index in [9.17, 15) is 14.7 Å². The van der Waals surface area contributed by atoms with E-state index in [0.717, 1.165) is 22.3 Å². The Bertz CT molecular complexity index is 1420. The standard InChI is InChI=1S/C34H36O8/c1-22(2)32(35)40-19-17-38-30-16-13-28(21-31(30)39-18-20-41-33(36)23(3)4)27-9-7-25(8-10-27)26-11-14-29(15-12-26)42-34(37)24(5)6/h7-16,21,34,37H,1,3,5,17-20H2,2,4,6H3. The highest BCUT2D eigenvalue weighted by molar-refractivity contribution is 5.87. The van der Waals surface area contributed by atoms with Gasteiger partial charge in [0.2, 0.25) is 6.29 Å². The van der Waals surface area contributed by atoms with Crippen LogP contribution in [0.1, 0.15) is 20.8 Å². The summed E-state index contributed by atoms with van der Waals surface area (Å²) in [6.07, 6.45) is -1.05. The van der Waals surface area contributed by atoms with Crippen molar-refractivity contribution in [1.29, 1.82) is 0 Å². The number of benzene rings is 3. The molecule has 3 aromatic carbocycles. The van der Waals surface area contributed by atoms with Gasteiger partial charge in [-0.3, -0.25) is 0 Å². The highest BCUT2D eigenvalue weighted by atomic mass is 16.6. The molecule has 0 saturated carbocycles. The minimum Gasteiger partial charge on any atom is -0.486 e. The van der Waals surface area contributed by atoms with Gasteiger partial charge >= 0.3 is 11.9 Å². The Balaban J connectivity index is 1.72. The van der Waals surface area contributed by atoms with Crippen LogP contribution in [0.25, 0.3) is 22.3 Å². The molecule has 1 atom stereocenters. The minimum atomic E-state index is -1.05. The molecule has 1 unspecified atom stereocenters. The van der Waals surface area contributed by atoms with Gasteiger partial charge in [-0.25, -0.2) is 9.59 Å². The highest BCUT2D eigenvalue weighted by Crippen LogP contribution is 2.34. The van der Waals surface area contributed by atoms with E-state index in [1.807, 2.05) is 48.5 Å². The zero-order valence-corrected chi connectivity index (χ0v) is 24.2. The number of aliphatic hydroxyl groups excluding tert-OH is 1. The predicted molar refractivity (Wildman–Crippen MR) is 161 cm³/mol. The number of carbonyl (C=O) groups excluding carboxylic acids is 2. The maximum Gasteiger partial charge on any atom is 0.333 e. The summed E-state index contributed by atoms with van der Waals surface area (Å²) >= 11 is 0. The maximum atomic E-state index is 11.7. The van der Waals surface area contributed by atoms with Gasteiger partial charge in [-0.15, -0.1) is 0 Å². The minimum absolute atomic E-state index is 0.0380. The summed E-state index contributed by atoms with van der Waals surface area (Å²) in [6.45, 7) is 16.0. The molecule has 3 rings (SSSR count). The summed E-state index contributed by atoms with van der Waals surface area (Å²) in [6, 6.07) is 20.9. The van der Waals surface area contributed by atoms with Crippen molar-refractivity contribution in [2.24, 2.45) is 0 Å². The molecule has 220 valence electrons. The third-order valence-corrected chi connectivity index (χ3v) is 5.86.